The molecule has 1 aromatic heterocycles. The standard InChI is InChI=1S/C18H10ClN3O2S/c19-15-5-3-13(4-6-15)17-11-25-18(21-17)14(10-20)9-12-1-7-16(8-2-12)22(23)24/h1-9,11H/b14-9+. The molecule has 1 heterocycles. The quantitative estimate of drug-likeness (QED) is 0.349. The van der Waals surface area contributed by atoms with Gasteiger partial charge in [0.25, 0.3) is 5.69 Å². The molecular weight excluding hydrogens is 358 g/mol. The summed E-state index contributed by atoms with van der Waals surface area (Å²) in [4.78, 5) is 14.7. The first-order chi connectivity index (χ1) is 12.1. The predicted octanol–water partition coefficient (Wildman–Crippen LogP) is 5.44. The molecule has 3 aromatic rings. The molecule has 0 saturated heterocycles. The van der Waals surface area contributed by atoms with Crippen LogP contribution in [0.2, 0.25) is 5.02 Å². The third-order valence-electron chi connectivity index (χ3n) is 3.41. The van der Waals surface area contributed by atoms with Crippen molar-refractivity contribution in [1.29, 1.82) is 5.26 Å². The minimum atomic E-state index is -0.460. The highest BCUT2D eigenvalue weighted by Crippen LogP contribution is 2.28. The summed E-state index contributed by atoms with van der Waals surface area (Å²) in [7, 11) is 0. The molecule has 0 fully saturated rings. The molecule has 25 heavy (non-hydrogen) atoms. The van der Waals surface area contributed by atoms with Crippen molar-refractivity contribution in [3.63, 3.8) is 0 Å². The van der Waals surface area contributed by atoms with Crippen molar-refractivity contribution in [1.82, 2.24) is 4.98 Å². The van der Waals surface area contributed by atoms with E-state index in [0.717, 1.165) is 11.3 Å². The smallest absolute Gasteiger partial charge is 0.258 e. The normalized spacial score (nSPS) is 11.1. The number of nitro benzene ring substituents is 1. The number of non-ortho nitro benzene ring substituents is 1. The molecule has 0 aliphatic carbocycles. The Morgan fingerprint density at radius 3 is 2.48 bits per heavy atom. The van der Waals surface area contributed by atoms with E-state index in [0.29, 0.717) is 21.2 Å². The number of nitrogens with zero attached hydrogens (tertiary/aromatic N) is 3. The largest absolute Gasteiger partial charge is 0.269 e. The fourth-order valence-electron chi connectivity index (χ4n) is 2.15. The van der Waals surface area contributed by atoms with Crippen LogP contribution >= 0.6 is 22.9 Å². The molecule has 7 heteroatoms. The molecule has 2 aromatic carbocycles. The van der Waals surface area contributed by atoms with Gasteiger partial charge < -0.3 is 0 Å². The van der Waals surface area contributed by atoms with Gasteiger partial charge in [0.1, 0.15) is 11.1 Å². The molecule has 0 atom stereocenters. The Morgan fingerprint density at radius 2 is 1.88 bits per heavy atom. The summed E-state index contributed by atoms with van der Waals surface area (Å²) in [5.74, 6) is 0. The Balaban J connectivity index is 1.90. The Kier molecular flexibility index (Phi) is 4.89. The molecule has 0 unspecified atom stereocenters. The van der Waals surface area contributed by atoms with Crippen molar-refractivity contribution >= 4 is 40.3 Å². The van der Waals surface area contributed by atoms with Crippen molar-refractivity contribution in [3.05, 3.63) is 79.6 Å². The highest BCUT2D eigenvalue weighted by Gasteiger charge is 2.10. The van der Waals surface area contributed by atoms with Gasteiger partial charge in [-0.3, -0.25) is 10.1 Å². The SMILES string of the molecule is N#C/C(=C\c1ccc([N+](=O)[O-])cc1)c1nc(-c2ccc(Cl)cc2)cs1. The number of rotatable bonds is 4. The third-order valence-corrected chi connectivity index (χ3v) is 4.54. The van der Waals surface area contributed by atoms with Crippen LogP contribution in [0.1, 0.15) is 10.6 Å². The van der Waals surface area contributed by atoms with E-state index >= 15 is 0 Å². The Morgan fingerprint density at radius 1 is 1.20 bits per heavy atom. The van der Waals surface area contributed by atoms with E-state index in [-0.39, 0.29) is 5.69 Å². The first kappa shape index (κ1) is 16.8. The summed E-state index contributed by atoms with van der Waals surface area (Å²) in [6.45, 7) is 0. The van der Waals surface area contributed by atoms with Crippen LogP contribution in [0.3, 0.4) is 0 Å². The van der Waals surface area contributed by atoms with Gasteiger partial charge >= 0.3 is 0 Å². The third kappa shape index (κ3) is 3.91. The predicted molar refractivity (Wildman–Crippen MR) is 99.1 cm³/mol. The maximum atomic E-state index is 10.7. The summed E-state index contributed by atoms with van der Waals surface area (Å²) in [6, 6.07) is 15.4. The number of hydrogen-bond acceptors (Lipinski definition) is 5. The number of hydrogen-bond donors (Lipinski definition) is 0. The van der Waals surface area contributed by atoms with Crippen LogP contribution in [0.15, 0.2) is 53.9 Å². The monoisotopic (exact) mass is 367 g/mol. The minimum Gasteiger partial charge on any atom is -0.258 e. The number of benzene rings is 2. The molecule has 0 bridgehead atoms. The average Bonchev–Trinajstić information content (AvgIpc) is 3.10. The molecule has 5 nitrogen and oxygen atoms in total. The zero-order valence-corrected chi connectivity index (χ0v) is 14.3. The topological polar surface area (TPSA) is 79.8 Å². The number of halogens is 1. The number of allylic oxidation sites excluding steroid dienone is 1. The molecular formula is C18H10ClN3O2S. The van der Waals surface area contributed by atoms with Crippen LogP contribution in [0.25, 0.3) is 22.9 Å². The van der Waals surface area contributed by atoms with Crippen LogP contribution in [0.5, 0.6) is 0 Å². The molecule has 0 spiro atoms. The highest BCUT2D eigenvalue weighted by atomic mass is 35.5. The van der Waals surface area contributed by atoms with E-state index < -0.39 is 4.92 Å². The second-order valence-corrected chi connectivity index (χ2v) is 6.36. The highest BCUT2D eigenvalue weighted by molar-refractivity contribution is 7.11. The number of nitriles is 1. The van der Waals surface area contributed by atoms with E-state index in [9.17, 15) is 15.4 Å². The van der Waals surface area contributed by atoms with Gasteiger partial charge in [-0.25, -0.2) is 4.98 Å². The fraction of sp³-hybridized carbons (Fsp3) is 0. The Labute approximate surface area is 152 Å². The van der Waals surface area contributed by atoms with E-state index in [2.05, 4.69) is 11.1 Å². The molecule has 0 N–H and O–H groups in total. The molecule has 0 saturated carbocycles. The molecule has 0 amide bonds. The summed E-state index contributed by atoms with van der Waals surface area (Å²) >= 11 is 7.25. The fourth-order valence-corrected chi connectivity index (χ4v) is 3.07. The Hall–Kier alpha value is -3.01. The molecule has 0 radical (unpaired) electrons. The van der Waals surface area contributed by atoms with Crippen molar-refractivity contribution < 1.29 is 4.92 Å². The van der Waals surface area contributed by atoms with E-state index in [1.807, 2.05) is 17.5 Å². The van der Waals surface area contributed by atoms with E-state index in [1.54, 1.807) is 30.3 Å². The molecule has 0 aliphatic rings. The molecule has 122 valence electrons. The van der Waals surface area contributed by atoms with Crippen LogP contribution in [-0.4, -0.2) is 9.91 Å². The summed E-state index contributed by atoms with van der Waals surface area (Å²) in [6.07, 6.45) is 1.66. The first-order valence-electron chi connectivity index (χ1n) is 7.15. The zero-order chi connectivity index (χ0) is 17.8. The van der Waals surface area contributed by atoms with E-state index in [4.69, 9.17) is 11.6 Å². The average molecular weight is 368 g/mol. The number of nitro groups is 1. The van der Waals surface area contributed by atoms with Gasteiger partial charge in [0, 0.05) is 28.1 Å². The number of aromatic nitrogens is 1. The number of thiazole rings is 1. The first-order valence-corrected chi connectivity index (χ1v) is 8.40. The van der Waals surface area contributed by atoms with Crippen molar-refractivity contribution in [3.8, 4) is 17.3 Å². The summed E-state index contributed by atoms with van der Waals surface area (Å²) in [5.41, 5.74) is 2.79. The van der Waals surface area contributed by atoms with Crippen molar-refractivity contribution in [2.24, 2.45) is 0 Å². The van der Waals surface area contributed by atoms with Gasteiger partial charge in [-0.2, -0.15) is 5.26 Å². The second kappa shape index (κ2) is 7.26. The van der Waals surface area contributed by atoms with Gasteiger partial charge in [-0.1, -0.05) is 23.7 Å². The summed E-state index contributed by atoms with van der Waals surface area (Å²) < 4.78 is 0. The second-order valence-electron chi connectivity index (χ2n) is 5.06. The van der Waals surface area contributed by atoms with E-state index in [1.165, 1.54) is 23.5 Å². The van der Waals surface area contributed by atoms with Crippen molar-refractivity contribution in [2.75, 3.05) is 0 Å². The van der Waals surface area contributed by atoms with Crippen molar-refractivity contribution in [2.45, 2.75) is 0 Å². The maximum absolute atomic E-state index is 10.7. The van der Waals surface area contributed by atoms with Crippen LogP contribution in [-0.2, 0) is 0 Å². The lowest BCUT2D eigenvalue weighted by Gasteiger charge is -1.97. The molecule has 0 aliphatic heterocycles. The Bertz CT molecular complexity index is 986. The van der Waals surface area contributed by atoms with Crippen LogP contribution < -0.4 is 0 Å². The lowest BCUT2D eigenvalue weighted by atomic mass is 10.1. The van der Waals surface area contributed by atoms with Gasteiger partial charge in [0.15, 0.2) is 0 Å². The minimum absolute atomic E-state index is 0.00920. The van der Waals surface area contributed by atoms with Gasteiger partial charge in [-0.15, -0.1) is 11.3 Å². The zero-order valence-electron chi connectivity index (χ0n) is 12.7. The van der Waals surface area contributed by atoms with Crippen LogP contribution in [0.4, 0.5) is 5.69 Å². The molecule has 3 rings (SSSR count). The summed E-state index contributed by atoms with van der Waals surface area (Å²) in [5, 5.41) is 23.2. The van der Waals surface area contributed by atoms with Crippen LogP contribution in [0, 0.1) is 21.4 Å². The maximum Gasteiger partial charge on any atom is 0.269 e. The van der Waals surface area contributed by atoms with Gasteiger partial charge in [-0.05, 0) is 35.9 Å². The van der Waals surface area contributed by atoms with Gasteiger partial charge in [0.2, 0.25) is 0 Å². The lowest BCUT2D eigenvalue weighted by Crippen LogP contribution is -1.87. The van der Waals surface area contributed by atoms with Gasteiger partial charge in [0.05, 0.1) is 16.2 Å². The lowest BCUT2D eigenvalue weighted by molar-refractivity contribution is -0.384.